The largest absolute Gasteiger partial charge is 0.338 e. The summed E-state index contributed by atoms with van der Waals surface area (Å²) in [6.45, 7) is 4.70. The Kier molecular flexibility index (Phi) is 6.05. The lowest BCUT2D eigenvalue weighted by atomic mass is 10.1. The second-order valence-corrected chi connectivity index (χ2v) is 5.00. The van der Waals surface area contributed by atoms with Crippen molar-refractivity contribution in [3.8, 4) is 0 Å². The van der Waals surface area contributed by atoms with Crippen LogP contribution < -0.4 is 10.6 Å². The quantitative estimate of drug-likeness (QED) is 0.862. The topological polar surface area (TPSA) is 41.1 Å². The number of hydrogen-bond donors (Lipinski definition) is 2. The van der Waals surface area contributed by atoms with E-state index in [0.717, 1.165) is 17.3 Å². The zero-order chi connectivity index (χ0) is 12.7. The minimum atomic E-state index is -0.0866. The van der Waals surface area contributed by atoms with Crippen LogP contribution >= 0.6 is 15.9 Å². The summed E-state index contributed by atoms with van der Waals surface area (Å²) in [6, 6.07) is 8.26. The molecule has 0 heterocycles. The highest BCUT2D eigenvalue weighted by molar-refractivity contribution is 9.10. The van der Waals surface area contributed by atoms with Crippen molar-refractivity contribution in [1.82, 2.24) is 10.6 Å². The van der Waals surface area contributed by atoms with Crippen molar-refractivity contribution < 1.29 is 4.79 Å². The number of hydrogen-bond acceptors (Lipinski definition) is 1. The van der Waals surface area contributed by atoms with Crippen LogP contribution in [-0.4, -0.2) is 18.6 Å². The molecular weight excluding hydrogens is 280 g/mol. The third-order valence-corrected chi connectivity index (χ3v) is 3.13. The van der Waals surface area contributed by atoms with Gasteiger partial charge in [0.05, 0.1) is 0 Å². The van der Waals surface area contributed by atoms with Crippen LogP contribution in [0.5, 0.6) is 0 Å². The van der Waals surface area contributed by atoms with E-state index in [2.05, 4.69) is 38.7 Å². The number of amides is 2. The normalized spacial score (nSPS) is 11.9. The van der Waals surface area contributed by atoms with Gasteiger partial charge in [0.15, 0.2) is 0 Å². The van der Waals surface area contributed by atoms with E-state index >= 15 is 0 Å². The van der Waals surface area contributed by atoms with E-state index in [0.29, 0.717) is 6.54 Å². The summed E-state index contributed by atoms with van der Waals surface area (Å²) < 4.78 is 1.07. The molecule has 0 aliphatic carbocycles. The predicted octanol–water partition coefficient (Wildman–Crippen LogP) is 3.09. The fraction of sp³-hybridized carbons (Fsp3) is 0.462. The van der Waals surface area contributed by atoms with Crippen molar-refractivity contribution in [2.75, 3.05) is 6.54 Å². The molecule has 0 spiro atoms. The van der Waals surface area contributed by atoms with Crippen molar-refractivity contribution in [1.29, 1.82) is 0 Å². The van der Waals surface area contributed by atoms with Gasteiger partial charge >= 0.3 is 6.03 Å². The van der Waals surface area contributed by atoms with Crippen LogP contribution in [0.1, 0.15) is 25.8 Å². The molecule has 0 saturated carbocycles. The third-order valence-electron chi connectivity index (χ3n) is 2.60. The molecule has 94 valence electrons. The lowest BCUT2D eigenvalue weighted by Crippen LogP contribution is -2.41. The Labute approximate surface area is 111 Å². The maximum atomic E-state index is 11.4. The number of urea groups is 1. The highest BCUT2D eigenvalue weighted by Gasteiger charge is 2.03. The summed E-state index contributed by atoms with van der Waals surface area (Å²) in [6.07, 6.45) is 1.79. The lowest BCUT2D eigenvalue weighted by Gasteiger charge is -2.12. The van der Waals surface area contributed by atoms with E-state index in [4.69, 9.17) is 0 Å². The Morgan fingerprint density at radius 3 is 2.59 bits per heavy atom. The second kappa shape index (κ2) is 7.33. The fourth-order valence-electron chi connectivity index (χ4n) is 1.35. The first kappa shape index (κ1) is 14.0. The summed E-state index contributed by atoms with van der Waals surface area (Å²) in [5.41, 5.74) is 1.22. The number of carbonyl (C=O) groups excluding carboxylic acids is 1. The molecule has 0 saturated heterocycles. The number of nitrogens with one attached hydrogen (secondary N) is 2. The van der Waals surface area contributed by atoms with Crippen molar-refractivity contribution in [3.63, 3.8) is 0 Å². The van der Waals surface area contributed by atoms with Gasteiger partial charge in [0.25, 0.3) is 0 Å². The molecular formula is C13H19BrN2O. The van der Waals surface area contributed by atoms with Gasteiger partial charge in [0, 0.05) is 17.1 Å². The summed E-state index contributed by atoms with van der Waals surface area (Å²) in [4.78, 5) is 11.4. The first-order chi connectivity index (χ1) is 8.11. The van der Waals surface area contributed by atoms with Gasteiger partial charge in [-0.05, 0) is 37.5 Å². The van der Waals surface area contributed by atoms with Gasteiger partial charge in [-0.3, -0.25) is 0 Å². The van der Waals surface area contributed by atoms with E-state index in [1.54, 1.807) is 0 Å². The minimum Gasteiger partial charge on any atom is -0.338 e. The van der Waals surface area contributed by atoms with Gasteiger partial charge in [-0.2, -0.15) is 0 Å². The average Bonchev–Trinajstić information content (AvgIpc) is 2.31. The molecule has 3 nitrogen and oxygen atoms in total. The first-order valence-electron chi connectivity index (χ1n) is 5.90. The van der Waals surface area contributed by atoms with Crippen molar-refractivity contribution in [2.24, 2.45) is 0 Å². The van der Waals surface area contributed by atoms with E-state index in [1.165, 1.54) is 5.56 Å². The van der Waals surface area contributed by atoms with Gasteiger partial charge in [0.1, 0.15) is 0 Å². The lowest BCUT2D eigenvalue weighted by molar-refractivity contribution is 0.237. The third kappa shape index (κ3) is 5.73. The number of halogens is 1. The van der Waals surface area contributed by atoms with E-state index in [1.807, 2.05) is 26.0 Å². The van der Waals surface area contributed by atoms with Crippen LogP contribution in [0.2, 0.25) is 0 Å². The molecule has 4 heteroatoms. The molecule has 0 bridgehead atoms. The summed E-state index contributed by atoms with van der Waals surface area (Å²) in [5.74, 6) is 0. The van der Waals surface area contributed by atoms with Gasteiger partial charge in [-0.1, -0.05) is 35.0 Å². The highest BCUT2D eigenvalue weighted by Crippen LogP contribution is 2.10. The first-order valence-corrected chi connectivity index (χ1v) is 6.70. The van der Waals surface area contributed by atoms with Crippen LogP contribution in [0, 0.1) is 0 Å². The van der Waals surface area contributed by atoms with Gasteiger partial charge in [0.2, 0.25) is 0 Å². The molecule has 1 aromatic rings. The monoisotopic (exact) mass is 298 g/mol. The molecule has 1 unspecified atom stereocenters. The Bertz CT molecular complexity index is 351. The molecule has 0 aromatic heterocycles. The molecule has 1 atom stereocenters. The average molecular weight is 299 g/mol. The summed E-state index contributed by atoms with van der Waals surface area (Å²) in [5, 5.41) is 5.72. The smallest absolute Gasteiger partial charge is 0.315 e. The van der Waals surface area contributed by atoms with Crippen LogP contribution in [0.3, 0.4) is 0 Å². The Balaban J connectivity index is 2.23. The van der Waals surface area contributed by atoms with Crippen LogP contribution in [0.15, 0.2) is 28.7 Å². The van der Waals surface area contributed by atoms with Gasteiger partial charge in [-0.15, -0.1) is 0 Å². The Morgan fingerprint density at radius 2 is 2.00 bits per heavy atom. The van der Waals surface area contributed by atoms with Gasteiger partial charge < -0.3 is 10.6 Å². The van der Waals surface area contributed by atoms with Crippen LogP contribution in [-0.2, 0) is 6.42 Å². The predicted molar refractivity (Wildman–Crippen MR) is 74.1 cm³/mol. The maximum absolute atomic E-state index is 11.4. The Morgan fingerprint density at radius 1 is 1.35 bits per heavy atom. The fourth-order valence-corrected chi connectivity index (χ4v) is 1.61. The Hall–Kier alpha value is -1.03. The van der Waals surface area contributed by atoms with E-state index in [-0.39, 0.29) is 12.1 Å². The maximum Gasteiger partial charge on any atom is 0.315 e. The number of rotatable bonds is 5. The number of benzene rings is 1. The number of carbonyl (C=O) groups is 1. The molecule has 0 aliphatic heterocycles. The second-order valence-electron chi connectivity index (χ2n) is 4.09. The summed E-state index contributed by atoms with van der Waals surface area (Å²) in [7, 11) is 0. The SMILES string of the molecule is CCC(C)NC(=O)NCCc1ccc(Br)cc1. The molecule has 0 fully saturated rings. The molecule has 2 N–H and O–H groups in total. The van der Waals surface area contributed by atoms with Crippen molar-refractivity contribution >= 4 is 22.0 Å². The molecule has 1 aromatic carbocycles. The zero-order valence-corrected chi connectivity index (χ0v) is 11.9. The highest BCUT2D eigenvalue weighted by atomic mass is 79.9. The van der Waals surface area contributed by atoms with Crippen LogP contribution in [0.4, 0.5) is 4.79 Å². The van der Waals surface area contributed by atoms with Crippen molar-refractivity contribution in [3.05, 3.63) is 34.3 Å². The van der Waals surface area contributed by atoms with E-state index < -0.39 is 0 Å². The van der Waals surface area contributed by atoms with Crippen LogP contribution in [0.25, 0.3) is 0 Å². The summed E-state index contributed by atoms with van der Waals surface area (Å²) >= 11 is 3.39. The minimum absolute atomic E-state index is 0.0866. The van der Waals surface area contributed by atoms with Gasteiger partial charge in [-0.25, -0.2) is 4.79 Å². The molecule has 0 radical (unpaired) electrons. The molecule has 2 amide bonds. The molecule has 17 heavy (non-hydrogen) atoms. The molecule has 0 aliphatic rings. The van der Waals surface area contributed by atoms with Crippen molar-refractivity contribution in [2.45, 2.75) is 32.7 Å². The van der Waals surface area contributed by atoms with E-state index in [9.17, 15) is 4.79 Å². The standard InChI is InChI=1S/C13H19BrN2O/c1-3-10(2)16-13(17)15-9-8-11-4-6-12(14)7-5-11/h4-7,10H,3,8-9H2,1-2H3,(H2,15,16,17). The zero-order valence-electron chi connectivity index (χ0n) is 10.3. The molecule has 1 rings (SSSR count).